The van der Waals surface area contributed by atoms with Crippen LogP contribution in [0.5, 0.6) is 0 Å². The lowest BCUT2D eigenvalue weighted by molar-refractivity contribution is 0.0529. The van der Waals surface area contributed by atoms with E-state index in [0.717, 1.165) is 8.66 Å². The van der Waals surface area contributed by atoms with Gasteiger partial charge in [0.1, 0.15) is 5.60 Å². The summed E-state index contributed by atoms with van der Waals surface area (Å²) in [6.45, 7) is 5.39. The van der Waals surface area contributed by atoms with Crippen LogP contribution in [0.4, 0.5) is 4.79 Å². The van der Waals surface area contributed by atoms with Gasteiger partial charge in [-0.25, -0.2) is 10.2 Å². The Morgan fingerprint density at radius 1 is 1.56 bits per heavy atom. The first kappa shape index (κ1) is 13.2. The summed E-state index contributed by atoms with van der Waals surface area (Å²) in [5.74, 6) is 0. The van der Waals surface area contributed by atoms with Gasteiger partial charge in [-0.2, -0.15) is 5.10 Å². The van der Waals surface area contributed by atoms with E-state index in [0.29, 0.717) is 0 Å². The van der Waals surface area contributed by atoms with Crippen molar-refractivity contribution in [2.24, 2.45) is 5.10 Å². The Balaban J connectivity index is 2.40. The third-order valence-corrected chi connectivity index (χ3v) is 2.90. The van der Waals surface area contributed by atoms with Gasteiger partial charge < -0.3 is 4.74 Å². The molecule has 0 spiro atoms. The highest BCUT2D eigenvalue weighted by Gasteiger charge is 2.15. The average Bonchev–Trinajstić information content (AvgIpc) is 2.48. The minimum atomic E-state index is -0.556. The number of ether oxygens (including phenoxy) is 1. The molecule has 1 aromatic rings. The van der Waals surface area contributed by atoms with Crippen LogP contribution in [0.2, 0.25) is 0 Å². The standard InChI is InChI=1S/C10H13BrN2O2S/c1-10(2,3)15-9(14)13-12-6-7-4-5-8(11)16-7/h4-6H,1-3H3,(H,13,14). The van der Waals surface area contributed by atoms with Crippen LogP contribution < -0.4 is 5.43 Å². The number of thiophene rings is 1. The molecule has 0 saturated carbocycles. The van der Waals surface area contributed by atoms with Gasteiger partial charge in [-0.3, -0.25) is 0 Å². The van der Waals surface area contributed by atoms with Gasteiger partial charge in [0.25, 0.3) is 0 Å². The van der Waals surface area contributed by atoms with E-state index in [1.807, 2.05) is 12.1 Å². The fraction of sp³-hybridized carbons (Fsp3) is 0.400. The largest absolute Gasteiger partial charge is 0.443 e. The minimum absolute atomic E-state index is 0.508. The van der Waals surface area contributed by atoms with Crippen LogP contribution in [0.1, 0.15) is 25.6 Å². The van der Waals surface area contributed by atoms with Gasteiger partial charge in [-0.1, -0.05) is 0 Å². The monoisotopic (exact) mass is 304 g/mol. The number of rotatable bonds is 2. The molecule has 1 rings (SSSR count). The molecule has 0 bridgehead atoms. The predicted octanol–water partition coefficient (Wildman–Crippen LogP) is 3.37. The first-order valence-electron chi connectivity index (χ1n) is 4.64. The second-order valence-electron chi connectivity index (χ2n) is 4.01. The van der Waals surface area contributed by atoms with E-state index in [1.165, 1.54) is 11.3 Å². The van der Waals surface area contributed by atoms with E-state index in [9.17, 15) is 4.79 Å². The van der Waals surface area contributed by atoms with E-state index in [1.54, 1.807) is 27.0 Å². The highest BCUT2D eigenvalue weighted by atomic mass is 79.9. The Hall–Kier alpha value is -0.880. The maximum absolute atomic E-state index is 11.2. The molecular formula is C10H13BrN2O2S. The molecule has 1 aromatic heterocycles. The van der Waals surface area contributed by atoms with Crippen molar-refractivity contribution in [2.75, 3.05) is 0 Å². The third-order valence-electron chi connectivity index (χ3n) is 1.34. The fourth-order valence-corrected chi connectivity index (χ4v) is 2.14. The summed E-state index contributed by atoms with van der Waals surface area (Å²) < 4.78 is 6.03. The Kier molecular flexibility index (Phi) is 4.49. The molecule has 0 radical (unpaired) electrons. The van der Waals surface area contributed by atoms with Crippen molar-refractivity contribution in [3.63, 3.8) is 0 Å². The zero-order valence-electron chi connectivity index (χ0n) is 9.28. The molecule has 4 nitrogen and oxygen atoms in total. The van der Waals surface area contributed by atoms with Crippen LogP contribution in [0.25, 0.3) is 0 Å². The number of carbonyl (C=O) groups excluding carboxylic acids is 1. The summed E-state index contributed by atoms with van der Waals surface area (Å²) in [6.07, 6.45) is 1.01. The lowest BCUT2D eigenvalue weighted by Crippen LogP contribution is -2.29. The van der Waals surface area contributed by atoms with Gasteiger partial charge >= 0.3 is 6.09 Å². The molecule has 0 unspecified atom stereocenters. The Bertz CT molecular complexity index is 396. The summed E-state index contributed by atoms with van der Waals surface area (Å²) in [5, 5.41) is 3.78. The molecule has 1 N–H and O–H groups in total. The molecule has 1 heterocycles. The lowest BCUT2D eigenvalue weighted by Gasteiger charge is -2.18. The van der Waals surface area contributed by atoms with Crippen molar-refractivity contribution in [1.82, 2.24) is 5.43 Å². The zero-order valence-corrected chi connectivity index (χ0v) is 11.7. The molecule has 0 aliphatic heterocycles. The van der Waals surface area contributed by atoms with Crippen molar-refractivity contribution in [1.29, 1.82) is 0 Å². The van der Waals surface area contributed by atoms with Gasteiger partial charge in [0.15, 0.2) is 0 Å². The van der Waals surface area contributed by atoms with Crippen LogP contribution in [-0.4, -0.2) is 17.9 Å². The topological polar surface area (TPSA) is 50.7 Å². The smallest absolute Gasteiger partial charge is 0.428 e. The molecule has 1 amide bonds. The Morgan fingerprint density at radius 2 is 2.25 bits per heavy atom. The lowest BCUT2D eigenvalue weighted by atomic mass is 10.2. The van der Waals surface area contributed by atoms with Gasteiger partial charge in [-0.15, -0.1) is 11.3 Å². The van der Waals surface area contributed by atoms with Crippen LogP contribution in [0.15, 0.2) is 21.0 Å². The number of amides is 1. The van der Waals surface area contributed by atoms with Gasteiger partial charge in [0.2, 0.25) is 0 Å². The Labute approximate surface area is 107 Å². The van der Waals surface area contributed by atoms with E-state index in [-0.39, 0.29) is 0 Å². The molecule has 0 atom stereocenters. The molecule has 16 heavy (non-hydrogen) atoms. The second kappa shape index (κ2) is 5.45. The number of nitrogens with zero attached hydrogens (tertiary/aromatic N) is 1. The fourth-order valence-electron chi connectivity index (χ4n) is 0.847. The predicted molar refractivity (Wildman–Crippen MR) is 69.0 cm³/mol. The first-order chi connectivity index (χ1) is 7.37. The van der Waals surface area contributed by atoms with Crippen molar-refractivity contribution < 1.29 is 9.53 Å². The molecule has 0 aromatic carbocycles. The van der Waals surface area contributed by atoms with E-state index < -0.39 is 11.7 Å². The second-order valence-corrected chi connectivity index (χ2v) is 6.51. The minimum Gasteiger partial charge on any atom is -0.443 e. The summed E-state index contributed by atoms with van der Waals surface area (Å²) in [5.41, 5.74) is 1.79. The summed E-state index contributed by atoms with van der Waals surface area (Å²) in [4.78, 5) is 12.1. The summed E-state index contributed by atoms with van der Waals surface area (Å²) in [6, 6.07) is 3.81. The van der Waals surface area contributed by atoms with Crippen molar-refractivity contribution in [3.05, 3.63) is 20.8 Å². The van der Waals surface area contributed by atoms with Gasteiger partial charge in [0.05, 0.1) is 10.0 Å². The maximum atomic E-state index is 11.2. The van der Waals surface area contributed by atoms with Gasteiger partial charge in [0, 0.05) is 4.88 Å². The molecule has 0 saturated heterocycles. The van der Waals surface area contributed by atoms with E-state index in [2.05, 4.69) is 26.5 Å². The number of hydrogen-bond acceptors (Lipinski definition) is 4. The molecule has 0 aliphatic rings. The quantitative estimate of drug-likeness (QED) is 0.673. The normalized spacial score (nSPS) is 11.8. The van der Waals surface area contributed by atoms with Crippen LogP contribution >= 0.6 is 27.3 Å². The van der Waals surface area contributed by atoms with E-state index >= 15 is 0 Å². The van der Waals surface area contributed by atoms with Crippen molar-refractivity contribution in [2.45, 2.75) is 26.4 Å². The zero-order chi connectivity index (χ0) is 12.2. The maximum Gasteiger partial charge on any atom is 0.428 e. The average molecular weight is 305 g/mol. The number of hydrogen-bond donors (Lipinski definition) is 1. The molecule has 6 heteroatoms. The highest BCUT2D eigenvalue weighted by Crippen LogP contribution is 2.20. The van der Waals surface area contributed by atoms with Crippen molar-refractivity contribution in [3.8, 4) is 0 Å². The Morgan fingerprint density at radius 3 is 2.75 bits per heavy atom. The highest BCUT2D eigenvalue weighted by molar-refractivity contribution is 9.11. The first-order valence-corrected chi connectivity index (χ1v) is 6.25. The van der Waals surface area contributed by atoms with Crippen LogP contribution in [0.3, 0.4) is 0 Å². The summed E-state index contributed by atoms with van der Waals surface area (Å²) >= 11 is 4.87. The van der Waals surface area contributed by atoms with Crippen molar-refractivity contribution >= 4 is 39.6 Å². The number of hydrazone groups is 1. The molecule has 88 valence electrons. The SMILES string of the molecule is CC(C)(C)OC(=O)NN=Cc1ccc(Br)s1. The molecular weight excluding hydrogens is 292 g/mol. The molecule has 0 aliphatic carbocycles. The summed E-state index contributed by atoms with van der Waals surface area (Å²) in [7, 11) is 0. The molecule has 0 fully saturated rings. The number of halogens is 1. The third kappa shape index (κ3) is 5.27. The van der Waals surface area contributed by atoms with Gasteiger partial charge in [-0.05, 0) is 48.8 Å². The van der Waals surface area contributed by atoms with Crippen LogP contribution in [-0.2, 0) is 4.74 Å². The number of carbonyl (C=O) groups is 1. The van der Waals surface area contributed by atoms with Crippen LogP contribution in [0, 0.1) is 0 Å². The number of nitrogens with one attached hydrogen (secondary N) is 1. The van der Waals surface area contributed by atoms with E-state index in [4.69, 9.17) is 4.74 Å².